The number of aromatic amines is 1. The minimum atomic E-state index is -0.233. The molecule has 0 spiro atoms. The lowest BCUT2D eigenvalue weighted by molar-refractivity contribution is -0.121. The summed E-state index contributed by atoms with van der Waals surface area (Å²) in [5.74, 6) is 0.992. The van der Waals surface area contributed by atoms with E-state index in [0.717, 1.165) is 16.5 Å². The topological polar surface area (TPSA) is 98.2 Å². The van der Waals surface area contributed by atoms with E-state index < -0.39 is 0 Å². The van der Waals surface area contributed by atoms with Gasteiger partial charge in [-0.2, -0.15) is 0 Å². The van der Waals surface area contributed by atoms with Gasteiger partial charge in [-0.15, -0.1) is 0 Å². The number of aryl methyl sites for hydroxylation is 1. The molecule has 0 aliphatic carbocycles. The molecule has 0 aliphatic rings. The number of nitrogens with one attached hydrogen (secondary N) is 2. The number of rotatable bonds is 7. The molecular weight excluding hydrogens is 396 g/mol. The molecule has 0 unspecified atom stereocenters. The predicted octanol–water partition coefficient (Wildman–Crippen LogP) is 3.16. The Bertz CT molecular complexity index is 1290. The van der Waals surface area contributed by atoms with Crippen molar-refractivity contribution in [3.05, 3.63) is 64.7 Å². The van der Waals surface area contributed by atoms with Gasteiger partial charge in [0.05, 0.1) is 32.1 Å². The Balaban J connectivity index is 1.54. The number of hydrogen-bond donors (Lipinski definition) is 2. The summed E-state index contributed by atoms with van der Waals surface area (Å²) in [5.41, 5.74) is 2.46. The largest absolute Gasteiger partial charge is 0.493 e. The second-order valence-corrected chi connectivity index (χ2v) is 7.29. The molecule has 160 valence electrons. The van der Waals surface area contributed by atoms with Crippen molar-refractivity contribution < 1.29 is 14.3 Å². The summed E-state index contributed by atoms with van der Waals surface area (Å²) in [5, 5.41) is 3.73. The monoisotopic (exact) mass is 420 g/mol. The molecule has 2 aromatic carbocycles. The first kappa shape index (κ1) is 20.5. The summed E-state index contributed by atoms with van der Waals surface area (Å²) in [6, 6.07) is 13.2. The second kappa shape index (κ2) is 8.51. The quantitative estimate of drug-likeness (QED) is 0.479. The molecular formula is C23H24N4O4. The van der Waals surface area contributed by atoms with Gasteiger partial charge >= 0.3 is 0 Å². The van der Waals surface area contributed by atoms with E-state index in [-0.39, 0.29) is 30.5 Å². The number of ether oxygens (including phenoxy) is 2. The molecule has 0 saturated carbocycles. The maximum atomic E-state index is 13.0. The van der Waals surface area contributed by atoms with Crippen molar-refractivity contribution in [3.63, 3.8) is 0 Å². The van der Waals surface area contributed by atoms with Gasteiger partial charge in [0.1, 0.15) is 11.0 Å². The van der Waals surface area contributed by atoms with Crippen LogP contribution in [0, 0.1) is 0 Å². The van der Waals surface area contributed by atoms with Crippen LogP contribution in [0.5, 0.6) is 11.5 Å². The Morgan fingerprint density at radius 1 is 1.16 bits per heavy atom. The average Bonchev–Trinajstić information content (AvgIpc) is 3.16. The van der Waals surface area contributed by atoms with E-state index in [4.69, 9.17) is 9.47 Å². The first-order valence-corrected chi connectivity index (χ1v) is 9.99. The fourth-order valence-electron chi connectivity index (χ4n) is 3.64. The Labute approximate surface area is 178 Å². The first-order valence-electron chi connectivity index (χ1n) is 9.99. The minimum Gasteiger partial charge on any atom is -0.493 e. The van der Waals surface area contributed by atoms with Crippen LogP contribution in [0.15, 0.2) is 53.6 Å². The molecule has 0 radical (unpaired) electrons. The van der Waals surface area contributed by atoms with Crippen molar-refractivity contribution in [2.45, 2.75) is 25.9 Å². The van der Waals surface area contributed by atoms with Crippen molar-refractivity contribution in [1.29, 1.82) is 0 Å². The smallest absolute Gasteiger partial charge is 0.277 e. The highest BCUT2D eigenvalue weighted by Crippen LogP contribution is 2.34. The van der Waals surface area contributed by atoms with Gasteiger partial charge in [0.15, 0.2) is 11.5 Å². The first-order chi connectivity index (χ1) is 15.0. The maximum Gasteiger partial charge on any atom is 0.277 e. The van der Waals surface area contributed by atoms with Gasteiger partial charge in [-0.3, -0.25) is 14.2 Å². The van der Waals surface area contributed by atoms with Crippen LogP contribution < -0.4 is 20.3 Å². The molecule has 0 saturated heterocycles. The molecule has 1 amide bonds. The van der Waals surface area contributed by atoms with E-state index >= 15 is 0 Å². The number of H-pyrrole nitrogens is 1. The normalized spacial score (nSPS) is 12.1. The summed E-state index contributed by atoms with van der Waals surface area (Å²) in [4.78, 5) is 32.9. The molecule has 0 fully saturated rings. The average molecular weight is 420 g/mol. The maximum absolute atomic E-state index is 13.0. The molecule has 0 bridgehead atoms. The van der Waals surface area contributed by atoms with E-state index in [1.165, 1.54) is 10.9 Å². The molecule has 4 aromatic rings. The van der Waals surface area contributed by atoms with E-state index in [9.17, 15) is 9.59 Å². The zero-order valence-corrected chi connectivity index (χ0v) is 17.6. The summed E-state index contributed by atoms with van der Waals surface area (Å²) < 4.78 is 12.1. The number of nitrogens with zero attached hydrogens (tertiary/aromatic N) is 2. The van der Waals surface area contributed by atoms with Gasteiger partial charge in [-0.1, -0.05) is 30.3 Å². The van der Waals surface area contributed by atoms with E-state index in [2.05, 4.69) is 15.3 Å². The van der Waals surface area contributed by atoms with Crippen LogP contribution in [0.3, 0.4) is 0 Å². The number of methoxy groups -OCH3 is 2. The van der Waals surface area contributed by atoms with E-state index in [0.29, 0.717) is 22.5 Å². The number of benzene rings is 2. The Kier molecular flexibility index (Phi) is 5.62. The third kappa shape index (κ3) is 3.96. The molecule has 4 rings (SSSR count). The van der Waals surface area contributed by atoms with Crippen LogP contribution in [0.25, 0.3) is 21.9 Å². The van der Waals surface area contributed by atoms with Gasteiger partial charge in [-0.25, -0.2) is 4.98 Å². The molecule has 2 aromatic heterocycles. The fraction of sp³-hybridized carbons (Fsp3) is 0.261. The number of fused-ring (bicyclic) bond motifs is 3. The fourth-order valence-corrected chi connectivity index (χ4v) is 3.64. The van der Waals surface area contributed by atoms with Crippen molar-refractivity contribution in [3.8, 4) is 11.5 Å². The minimum absolute atomic E-state index is 0.107. The third-order valence-corrected chi connectivity index (χ3v) is 5.33. The van der Waals surface area contributed by atoms with Crippen LogP contribution in [-0.4, -0.2) is 34.7 Å². The SMILES string of the molecule is COc1cc2[nH]c3c(=O)n(CCC(=O)N[C@@H](C)c4ccccc4)cnc3c2cc1OC. The van der Waals surface area contributed by atoms with Crippen molar-refractivity contribution in [1.82, 2.24) is 19.9 Å². The van der Waals surface area contributed by atoms with Crippen LogP contribution in [-0.2, 0) is 11.3 Å². The number of carbonyl (C=O) groups is 1. The van der Waals surface area contributed by atoms with Gasteiger partial charge in [-0.05, 0) is 18.6 Å². The van der Waals surface area contributed by atoms with Crippen molar-refractivity contribution >= 4 is 27.8 Å². The lowest BCUT2D eigenvalue weighted by Crippen LogP contribution is -2.29. The zero-order chi connectivity index (χ0) is 22.0. The number of carbonyl (C=O) groups excluding carboxylic acids is 1. The summed E-state index contributed by atoms with van der Waals surface area (Å²) in [6.45, 7) is 2.16. The van der Waals surface area contributed by atoms with Crippen molar-refractivity contribution in [2.24, 2.45) is 0 Å². The Hall–Kier alpha value is -3.81. The van der Waals surface area contributed by atoms with Gasteiger partial charge in [0.25, 0.3) is 5.56 Å². The van der Waals surface area contributed by atoms with Crippen LogP contribution in [0.2, 0.25) is 0 Å². The van der Waals surface area contributed by atoms with Crippen LogP contribution in [0.4, 0.5) is 0 Å². The standard InChI is InChI=1S/C23H24N4O4/c1-14(15-7-5-4-6-8-15)25-20(28)9-10-27-13-24-21-16-11-18(30-2)19(31-3)12-17(16)26-22(21)23(27)29/h4-8,11-14,26H,9-10H2,1-3H3,(H,25,28)/t14-/m0/s1. The highest BCUT2D eigenvalue weighted by atomic mass is 16.5. The molecule has 8 heteroatoms. The molecule has 0 aliphatic heterocycles. The molecule has 8 nitrogen and oxygen atoms in total. The van der Waals surface area contributed by atoms with Gasteiger partial charge in [0.2, 0.25) is 5.91 Å². The molecule has 1 atom stereocenters. The van der Waals surface area contributed by atoms with Gasteiger partial charge < -0.3 is 19.8 Å². The lowest BCUT2D eigenvalue weighted by atomic mass is 10.1. The molecule has 2 heterocycles. The second-order valence-electron chi connectivity index (χ2n) is 7.29. The summed E-state index contributed by atoms with van der Waals surface area (Å²) >= 11 is 0. The number of amides is 1. The van der Waals surface area contributed by atoms with Crippen molar-refractivity contribution in [2.75, 3.05) is 14.2 Å². The van der Waals surface area contributed by atoms with E-state index in [1.54, 1.807) is 26.4 Å². The van der Waals surface area contributed by atoms with E-state index in [1.807, 2.05) is 37.3 Å². The highest BCUT2D eigenvalue weighted by molar-refractivity contribution is 6.05. The summed E-state index contributed by atoms with van der Waals surface area (Å²) in [6.07, 6.45) is 1.65. The summed E-state index contributed by atoms with van der Waals surface area (Å²) in [7, 11) is 3.11. The Morgan fingerprint density at radius 3 is 2.58 bits per heavy atom. The predicted molar refractivity (Wildman–Crippen MR) is 119 cm³/mol. The van der Waals surface area contributed by atoms with Gasteiger partial charge in [0, 0.05) is 24.4 Å². The number of aromatic nitrogens is 3. The highest BCUT2D eigenvalue weighted by Gasteiger charge is 2.15. The Morgan fingerprint density at radius 2 is 1.87 bits per heavy atom. The number of hydrogen-bond acceptors (Lipinski definition) is 5. The lowest BCUT2D eigenvalue weighted by Gasteiger charge is -2.14. The molecule has 2 N–H and O–H groups in total. The molecule has 31 heavy (non-hydrogen) atoms. The van der Waals surface area contributed by atoms with Crippen LogP contribution >= 0.6 is 0 Å². The van der Waals surface area contributed by atoms with Crippen LogP contribution in [0.1, 0.15) is 24.9 Å². The third-order valence-electron chi connectivity index (χ3n) is 5.33. The zero-order valence-electron chi connectivity index (χ0n) is 17.6.